The van der Waals surface area contributed by atoms with Gasteiger partial charge in [0, 0.05) is 12.6 Å². The number of rotatable bonds is 7. The SMILES string of the molecule is COC(=O)CCN(Cc1ccco1)C(=O)/C=C/c1ccccc1. The highest BCUT2D eigenvalue weighted by Gasteiger charge is 2.14. The van der Waals surface area contributed by atoms with Crippen LogP contribution in [0.4, 0.5) is 0 Å². The van der Waals surface area contributed by atoms with E-state index in [1.54, 1.807) is 29.4 Å². The molecule has 0 saturated heterocycles. The molecule has 1 aromatic carbocycles. The van der Waals surface area contributed by atoms with E-state index < -0.39 is 0 Å². The van der Waals surface area contributed by atoms with Crippen LogP contribution in [0.1, 0.15) is 17.7 Å². The maximum atomic E-state index is 12.4. The van der Waals surface area contributed by atoms with Gasteiger partial charge in [0.25, 0.3) is 0 Å². The van der Waals surface area contributed by atoms with Crippen molar-refractivity contribution in [1.29, 1.82) is 0 Å². The van der Waals surface area contributed by atoms with E-state index in [-0.39, 0.29) is 24.8 Å². The molecule has 1 heterocycles. The number of methoxy groups -OCH3 is 1. The molecule has 23 heavy (non-hydrogen) atoms. The Hall–Kier alpha value is -2.82. The van der Waals surface area contributed by atoms with Gasteiger partial charge >= 0.3 is 5.97 Å². The minimum Gasteiger partial charge on any atom is -0.469 e. The molecule has 0 radical (unpaired) electrons. The summed E-state index contributed by atoms with van der Waals surface area (Å²) in [4.78, 5) is 25.3. The molecule has 5 heteroatoms. The number of carbonyl (C=O) groups is 2. The third-order valence-corrected chi connectivity index (χ3v) is 3.27. The van der Waals surface area contributed by atoms with Gasteiger partial charge in [-0.2, -0.15) is 0 Å². The van der Waals surface area contributed by atoms with Crippen LogP contribution < -0.4 is 0 Å². The average molecular weight is 313 g/mol. The standard InChI is InChI=1S/C18H19NO4/c1-22-18(21)11-12-19(14-16-8-5-13-23-16)17(20)10-9-15-6-3-2-4-7-15/h2-10,13H,11-12,14H2,1H3/b10-9+. The molecule has 0 unspecified atom stereocenters. The van der Waals surface area contributed by atoms with Crippen molar-refractivity contribution in [3.63, 3.8) is 0 Å². The summed E-state index contributed by atoms with van der Waals surface area (Å²) < 4.78 is 9.90. The highest BCUT2D eigenvalue weighted by atomic mass is 16.5. The molecule has 0 fully saturated rings. The first-order chi connectivity index (χ1) is 11.2. The number of ether oxygens (including phenoxy) is 1. The second-order valence-corrected chi connectivity index (χ2v) is 4.91. The molecule has 0 atom stereocenters. The normalized spacial score (nSPS) is 10.7. The van der Waals surface area contributed by atoms with Crippen LogP contribution in [-0.2, 0) is 20.9 Å². The Morgan fingerprint density at radius 2 is 1.96 bits per heavy atom. The summed E-state index contributed by atoms with van der Waals surface area (Å²) in [6.45, 7) is 0.577. The second kappa shape index (κ2) is 8.58. The van der Waals surface area contributed by atoms with Crippen molar-refractivity contribution >= 4 is 18.0 Å². The van der Waals surface area contributed by atoms with Crippen LogP contribution in [0.3, 0.4) is 0 Å². The van der Waals surface area contributed by atoms with E-state index in [2.05, 4.69) is 4.74 Å². The Bertz CT molecular complexity index is 647. The number of furan rings is 1. The van der Waals surface area contributed by atoms with Crippen molar-refractivity contribution in [2.45, 2.75) is 13.0 Å². The fourth-order valence-corrected chi connectivity index (χ4v) is 2.02. The Morgan fingerprint density at radius 1 is 1.17 bits per heavy atom. The van der Waals surface area contributed by atoms with E-state index in [0.717, 1.165) is 5.56 Å². The lowest BCUT2D eigenvalue weighted by Gasteiger charge is -2.19. The predicted octanol–water partition coefficient (Wildman–Crippen LogP) is 2.88. The smallest absolute Gasteiger partial charge is 0.307 e. The molecule has 0 N–H and O–H groups in total. The van der Waals surface area contributed by atoms with Gasteiger partial charge in [0.1, 0.15) is 5.76 Å². The van der Waals surface area contributed by atoms with Gasteiger partial charge in [-0.15, -0.1) is 0 Å². The number of amides is 1. The fraction of sp³-hybridized carbons (Fsp3) is 0.222. The van der Waals surface area contributed by atoms with Crippen LogP contribution in [0, 0.1) is 0 Å². The molecule has 0 aliphatic heterocycles. The van der Waals surface area contributed by atoms with Crippen LogP contribution in [0.5, 0.6) is 0 Å². The molecule has 1 amide bonds. The van der Waals surface area contributed by atoms with Crippen molar-refractivity contribution < 1.29 is 18.7 Å². The van der Waals surface area contributed by atoms with E-state index in [0.29, 0.717) is 12.3 Å². The lowest BCUT2D eigenvalue weighted by molar-refractivity contribution is -0.141. The minimum atomic E-state index is -0.353. The molecule has 120 valence electrons. The molecule has 0 aliphatic carbocycles. The summed E-state index contributed by atoms with van der Waals surface area (Å²) in [5.74, 6) is 0.125. The van der Waals surface area contributed by atoms with Crippen LogP contribution >= 0.6 is 0 Å². The first-order valence-electron chi connectivity index (χ1n) is 7.30. The highest BCUT2D eigenvalue weighted by molar-refractivity contribution is 5.92. The molecule has 0 saturated carbocycles. The van der Waals surface area contributed by atoms with Crippen molar-refractivity contribution in [2.24, 2.45) is 0 Å². The van der Waals surface area contributed by atoms with Gasteiger partial charge in [0.15, 0.2) is 0 Å². The van der Waals surface area contributed by atoms with Crippen molar-refractivity contribution in [3.05, 3.63) is 66.1 Å². The van der Waals surface area contributed by atoms with Crippen LogP contribution in [0.2, 0.25) is 0 Å². The third-order valence-electron chi connectivity index (χ3n) is 3.27. The number of benzene rings is 1. The molecule has 2 rings (SSSR count). The van der Waals surface area contributed by atoms with Crippen LogP contribution in [-0.4, -0.2) is 30.4 Å². The quantitative estimate of drug-likeness (QED) is 0.582. The maximum absolute atomic E-state index is 12.4. The summed E-state index contributed by atoms with van der Waals surface area (Å²) in [5.41, 5.74) is 0.937. The number of hydrogen-bond donors (Lipinski definition) is 0. The summed E-state index contributed by atoms with van der Waals surface area (Å²) in [7, 11) is 1.33. The third kappa shape index (κ3) is 5.47. The topological polar surface area (TPSA) is 59.8 Å². The Kier molecular flexibility index (Phi) is 6.17. The molecule has 0 aliphatic rings. The monoisotopic (exact) mass is 313 g/mol. The summed E-state index contributed by atoms with van der Waals surface area (Å²) >= 11 is 0. The lowest BCUT2D eigenvalue weighted by atomic mass is 10.2. The highest BCUT2D eigenvalue weighted by Crippen LogP contribution is 2.09. The van der Waals surface area contributed by atoms with Gasteiger partial charge in [-0.3, -0.25) is 9.59 Å². The summed E-state index contributed by atoms with van der Waals surface area (Å²) in [6, 6.07) is 13.1. The number of nitrogens with zero attached hydrogens (tertiary/aromatic N) is 1. The van der Waals surface area contributed by atoms with Crippen LogP contribution in [0.25, 0.3) is 6.08 Å². The fourth-order valence-electron chi connectivity index (χ4n) is 2.02. The van der Waals surface area contributed by atoms with Gasteiger partial charge in [-0.05, 0) is 23.8 Å². The Morgan fingerprint density at radius 3 is 2.61 bits per heavy atom. The molecular formula is C18H19NO4. The first-order valence-corrected chi connectivity index (χ1v) is 7.30. The van der Waals surface area contributed by atoms with Crippen molar-refractivity contribution in [2.75, 3.05) is 13.7 Å². The second-order valence-electron chi connectivity index (χ2n) is 4.91. The van der Waals surface area contributed by atoms with Gasteiger partial charge in [-0.25, -0.2) is 0 Å². The zero-order chi connectivity index (χ0) is 16.5. The van der Waals surface area contributed by atoms with Gasteiger partial charge < -0.3 is 14.1 Å². The van der Waals surface area contributed by atoms with E-state index in [1.165, 1.54) is 13.2 Å². The molecular weight excluding hydrogens is 294 g/mol. The molecule has 0 spiro atoms. The zero-order valence-electron chi connectivity index (χ0n) is 13.0. The summed E-state index contributed by atoms with van der Waals surface area (Å²) in [5, 5.41) is 0. The number of hydrogen-bond acceptors (Lipinski definition) is 4. The largest absolute Gasteiger partial charge is 0.469 e. The van der Waals surface area contributed by atoms with Gasteiger partial charge in [0.2, 0.25) is 5.91 Å². The zero-order valence-corrected chi connectivity index (χ0v) is 13.0. The van der Waals surface area contributed by atoms with E-state index in [4.69, 9.17) is 4.42 Å². The Balaban J connectivity index is 2.03. The van der Waals surface area contributed by atoms with Crippen molar-refractivity contribution in [1.82, 2.24) is 4.90 Å². The number of esters is 1. The van der Waals surface area contributed by atoms with Crippen molar-refractivity contribution in [3.8, 4) is 0 Å². The van der Waals surface area contributed by atoms with E-state index in [1.807, 2.05) is 30.3 Å². The van der Waals surface area contributed by atoms with E-state index >= 15 is 0 Å². The molecule has 1 aromatic heterocycles. The lowest BCUT2D eigenvalue weighted by Crippen LogP contribution is -2.31. The summed E-state index contributed by atoms with van der Waals surface area (Å²) in [6.07, 6.45) is 4.94. The Labute approximate surface area is 135 Å². The number of carbonyl (C=O) groups excluding carboxylic acids is 2. The van der Waals surface area contributed by atoms with Gasteiger partial charge in [0.05, 0.1) is 26.3 Å². The molecule has 5 nitrogen and oxygen atoms in total. The molecule has 0 bridgehead atoms. The molecule has 2 aromatic rings. The average Bonchev–Trinajstić information content (AvgIpc) is 3.10. The van der Waals surface area contributed by atoms with Crippen LogP contribution in [0.15, 0.2) is 59.2 Å². The first kappa shape index (κ1) is 16.5. The van der Waals surface area contributed by atoms with Gasteiger partial charge in [-0.1, -0.05) is 30.3 Å². The maximum Gasteiger partial charge on any atom is 0.307 e. The predicted molar refractivity (Wildman–Crippen MR) is 86.2 cm³/mol. The van der Waals surface area contributed by atoms with E-state index in [9.17, 15) is 9.59 Å². The minimum absolute atomic E-state index is 0.141.